The van der Waals surface area contributed by atoms with E-state index in [1.165, 1.54) is 0 Å². The fraction of sp³-hybridized carbons (Fsp3) is 0.250. The predicted molar refractivity (Wildman–Crippen MR) is 63.2 cm³/mol. The predicted octanol–water partition coefficient (Wildman–Crippen LogP) is 1.41. The monoisotopic (exact) mass is 217 g/mol. The highest BCUT2D eigenvalue weighted by Crippen LogP contribution is 2.15. The van der Waals surface area contributed by atoms with E-state index in [0.717, 1.165) is 17.9 Å². The van der Waals surface area contributed by atoms with Crippen LogP contribution in [0, 0.1) is 0 Å². The van der Waals surface area contributed by atoms with Crippen LogP contribution in [0.15, 0.2) is 42.6 Å². The number of aliphatic hydroxyl groups excluding tert-OH is 1. The van der Waals surface area contributed by atoms with Gasteiger partial charge in [0.1, 0.15) is 0 Å². The van der Waals surface area contributed by atoms with Crippen molar-refractivity contribution >= 4 is 5.69 Å². The molecule has 4 heteroatoms. The van der Waals surface area contributed by atoms with Gasteiger partial charge in [-0.15, -0.1) is 0 Å². The molecule has 0 spiro atoms. The van der Waals surface area contributed by atoms with Gasteiger partial charge >= 0.3 is 0 Å². The fourth-order valence-electron chi connectivity index (χ4n) is 1.64. The first-order chi connectivity index (χ1) is 7.90. The van der Waals surface area contributed by atoms with Crippen molar-refractivity contribution in [2.24, 2.45) is 0 Å². The van der Waals surface area contributed by atoms with Gasteiger partial charge in [0.15, 0.2) is 0 Å². The molecule has 0 saturated carbocycles. The SMILES string of the molecule is OCCN(Cc1ccn[nH]1)c1ccccc1. The summed E-state index contributed by atoms with van der Waals surface area (Å²) in [5.74, 6) is 0. The van der Waals surface area contributed by atoms with E-state index >= 15 is 0 Å². The van der Waals surface area contributed by atoms with Gasteiger partial charge in [0, 0.05) is 18.4 Å². The number of nitrogens with zero attached hydrogens (tertiary/aromatic N) is 2. The number of nitrogens with one attached hydrogen (secondary N) is 1. The van der Waals surface area contributed by atoms with E-state index in [0.29, 0.717) is 6.54 Å². The maximum atomic E-state index is 9.06. The van der Waals surface area contributed by atoms with Crippen LogP contribution in [0.1, 0.15) is 5.69 Å². The quantitative estimate of drug-likeness (QED) is 0.796. The normalized spacial score (nSPS) is 10.3. The number of anilines is 1. The summed E-state index contributed by atoms with van der Waals surface area (Å²) in [5.41, 5.74) is 2.14. The van der Waals surface area contributed by atoms with Gasteiger partial charge in [-0.05, 0) is 18.2 Å². The lowest BCUT2D eigenvalue weighted by Gasteiger charge is -2.23. The van der Waals surface area contributed by atoms with Crippen LogP contribution in [0.2, 0.25) is 0 Å². The third-order valence-corrected chi connectivity index (χ3v) is 2.41. The highest BCUT2D eigenvalue weighted by atomic mass is 16.3. The van der Waals surface area contributed by atoms with E-state index in [9.17, 15) is 0 Å². The Morgan fingerprint density at radius 1 is 1.19 bits per heavy atom. The second kappa shape index (κ2) is 5.32. The van der Waals surface area contributed by atoms with Crippen LogP contribution < -0.4 is 4.90 Å². The summed E-state index contributed by atoms with van der Waals surface area (Å²) >= 11 is 0. The molecule has 0 saturated heterocycles. The highest BCUT2D eigenvalue weighted by Gasteiger charge is 2.06. The number of benzene rings is 1. The molecule has 2 rings (SSSR count). The molecule has 0 unspecified atom stereocenters. The van der Waals surface area contributed by atoms with Crippen molar-refractivity contribution in [1.82, 2.24) is 10.2 Å². The van der Waals surface area contributed by atoms with Crippen LogP contribution >= 0.6 is 0 Å². The summed E-state index contributed by atoms with van der Waals surface area (Å²) in [7, 11) is 0. The summed E-state index contributed by atoms with van der Waals surface area (Å²) in [4.78, 5) is 2.10. The van der Waals surface area contributed by atoms with Crippen LogP contribution in [0.3, 0.4) is 0 Å². The fourth-order valence-corrected chi connectivity index (χ4v) is 1.64. The lowest BCUT2D eigenvalue weighted by Crippen LogP contribution is -2.26. The summed E-state index contributed by atoms with van der Waals surface area (Å²) in [6.45, 7) is 1.48. The first-order valence-corrected chi connectivity index (χ1v) is 5.29. The summed E-state index contributed by atoms with van der Waals surface area (Å²) in [5, 5.41) is 15.9. The molecular weight excluding hydrogens is 202 g/mol. The Balaban J connectivity index is 2.11. The standard InChI is InChI=1S/C12H15N3O/c16-9-8-15(10-11-6-7-13-14-11)12-4-2-1-3-5-12/h1-7,16H,8-10H2,(H,13,14). The van der Waals surface area contributed by atoms with Crippen molar-refractivity contribution in [1.29, 1.82) is 0 Å². The molecule has 0 fully saturated rings. The Morgan fingerprint density at radius 2 is 2.00 bits per heavy atom. The number of aromatic amines is 1. The smallest absolute Gasteiger partial charge is 0.0606 e. The van der Waals surface area contributed by atoms with Crippen LogP contribution in [0.5, 0.6) is 0 Å². The molecule has 0 amide bonds. The summed E-state index contributed by atoms with van der Waals surface area (Å²) in [6.07, 6.45) is 1.73. The number of aliphatic hydroxyl groups is 1. The van der Waals surface area contributed by atoms with Crippen molar-refractivity contribution in [2.75, 3.05) is 18.1 Å². The molecule has 16 heavy (non-hydrogen) atoms. The van der Waals surface area contributed by atoms with Gasteiger partial charge in [-0.25, -0.2) is 0 Å². The van der Waals surface area contributed by atoms with Gasteiger partial charge < -0.3 is 10.0 Å². The van der Waals surface area contributed by atoms with Crippen LogP contribution in [0.4, 0.5) is 5.69 Å². The number of aromatic nitrogens is 2. The molecule has 0 radical (unpaired) electrons. The topological polar surface area (TPSA) is 52.1 Å². The number of para-hydroxylation sites is 1. The molecule has 0 aliphatic carbocycles. The first-order valence-electron chi connectivity index (χ1n) is 5.29. The zero-order chi connectivity index (χ0) is 11.2. The average Bonchev–Trinajstić information content (AvgIpc) is 2.83. The molecule has 1 aromatic heterocycles. The van der Waals surface area contributed by atoms with E-state index < -0.39 is 0 Å². The first kappa shape index (κ1) is 10.7. The molecule has 4 nitrogen and oxygen atoms in total. The van der Waals surface area contributed by atoms with Crippen LogP contribution in [0.25, 0.3) is 0 Å². The molecule has 0 aliphatic rings. The average molecular weight is 217 g/mol. The molecule has 0 atom stereocenters. The lowest BCUT2D eigenvalue weighted by molar-refractivity contribution is 0.301. The van der Waals surface area contributed by atoms with E-state index in [2.05, 4.69) is 15.1 Å². The van der Waals surface area contributed by atoms with Gasteiger partial charge in [0.2, 0.25) is 0 Å². The molecule has 0 aliphatic heterocycles. The third-order valence-electron chi connectivity index (χ3n) is 2.41. The summed E-state index contributed by atoms with van der Waals surface area (Å²) < 4.78 is 0. The number of hydrogen-bond donors (Lipinski definition) is 2. The number of hydrogen-bond acceptors (Lipinski definition) is 3. The minimum Gasteiger partial charge on any atom is -0.395 e. The van der Waals surface area contributed by atoms with E-state index in [1.807, 2.05) is 36.4 Å². The highest BCUT2D eigenvalue weighted by molar-refractivity contribution is 5.46. The second-order valence-corrected chi connectivity index (χ2v) is 3.56. The molecule has 2 aromatic rings. The minimum atomic E-state index is 0.142. The number of rotatable bonds is 5. The Kier molecular flexibility index (Phi) is 3.56. The molecule has 1 heterocycles. The molecular formula is C12H15N3O. The lowest BCUT2D eigenvalue weighted by atomic mass is 10.2. The second-order valence-electron chi connectivity index (χ2n) is 3.56. The van der Waals surface area contributed by atoms with Gasteiger partial charge in [-0.2, -0.15) is 5.10 Å². The maximum Gasteiger partial charge on any atom is 0.0606 e. The largest absolute Gasteiger partial charge is 0.395 e. The van der Waals surface area contributed by atoms with Gasteiger partial charge in [-0.3, -0.25) is 5.10 Å². The van der Waals surface area contributed by atoms with Crippen LogP contribution in [-0.2, 0) is 6.54 Å². The van der Waals surface area contributed by atoms with Crippen molar-refractivity contribution in [3.05, 3.63) is 48.3 Å². The molecule has 2 N–H and O–H groups in total. The Morgan fingerprint density at radius 3 is 2.62 bits per heavy atom. The minimum absolute atomic E-state index is 0.142. The van der Waals surface area contributed by atoms with Crippen molar-refractivity contribution < 1.29 is 5.11 Å². The maximum absolute atomic E-state index is 9.06. The van der Waals surface area contributed by atoms with Gasteiger partial charge in [-0.1, -0.05) is 18.2 Å². The van der Waals surface area contributed by atoms with E-state index in [1.54, 1.807) is 6.20 Å². The Bertz CT molecular complexity index is 399. The van der Waals surface area contributed by atoms with Crippen molar-refractivity contribution in [3.8, 4) is 0 Å². The van der Waals surface area contributed by atoms with E-state index in [4.69, 9.17) is 5.11 Å². The molecule has 84 valence electrons. The molecule has 1 aromatic carbocycles. The van der Waals surface area contributed by atoms with Crippen LogP contribution in [-0.4, -0.2) is 28.5 Å². The number of H-pyrrole nitrogens is 1. The third kappa shape index (κ3) is 2.61. The van der Waals surface area contributed by atoms with Gasteiger partial charge in [0.25, 0.3) is 0 Å². The Hall–Kier alpha value is -1.81. The zero-order valence-electron chi connectivity index (χ0n) is 9.00. The van der Waals surface area contributed by atoms with Crippen molar-refractivity contribution in [3.63, 3.8) is 0 Å². The van der Waals surface area contributed by atoms with E-state index in [-0.39, 0.29) is 6.61 Å². The van der Waals surface area contributed by atoms with Crippen molar-refractivity contribution in [2.45, 2.75) is 6.54 Å². The Labute approximate surface area is 94.5 Å². The van der Waals surface area contributed by atoms with Gasteiger partial charge in [0.05, 0.1) is 18.8 Å². The molecule has 0 bridgehead atoms. The summed E-state index contributed by atoms with van der Waals surface area (Å²) in [6, 6.07) is 12.0. The zero-order valence-corrected chi connectivity index (χ0v) is 9.00.